The van der Waals surface area contributed by atoms with Crippen LogP contribution in [0, 0.1) is 17.3 Å². The first kappa shape index (κ1) is 12.8. The van der Waals surface area contributed by atoms with Crippen molar-refractivity contribution in [3.8, 4) is 0 Å². The van der Waals surface area contributed by atoms with Crippen LogP contribution in [-0.2, 0) is 4.79 Å². The van der Waals surface area contributed by atoms with Crippen LogP contribution in [0.3, 0.4) is 0 Å². The summed E-state index contributed by atoms with van der Waals surface area (Å²) in [6, 6.07) is 0. The smallest absolute Gasteiger partial charge is 0.156 e. The number of carbonyl (C=O) groups is 1. The van der Waals surface area contributed by atoms with Gasteiger partial charge in [-0.3, -0.25) is 4.79 Å². The van der Waals surface area contributed by atoms with Crippen LogP contribution in [-0.4, -0.2) is 17.0 Å². The summed E-state index contributed by atoms with van der Waals surface area (Å²) < 4.78 is 0. The molecule has 4 aliphatic carbocycles. The van der Waals surface area contributed by atoms with Crippen molar-refractivity contribution in [2.24, 2.45) is 17.3 Å². The van der Waals surface area contributed by atoms with Gasteiger partial charge in [-0.05, 0) is 79.4 Å². The van der Waals surface area contributed by atoms with Gasteiger partial charge in [0.25, 0.3) is 0 Å². The zero-order valence-corrected chi connectivity index (χ0v) is 12.3. The van der Waals surface area contributed by atoms with Crippen LogP contribution in [0.1, 0.15) is 58.3 Å². The van der Waals surface area contributed by atoms with E-state index in [2.05, 4.69) is 6.92 Å². The van der Waals surface area contributed by atoms with Gasteiger partial charge in [0.05, 0.1) is 6.10 Å². The predicted octanol–water partition coefficient (Wildman–Crippen LogP) is 3.55. The third kappa shape index (κ3) is 1.64. The maximum Gasteiger partial charge on any atom is 0.156 e. The molecule has 2 heteroatoms. The lowest BCUT2D eigenvalue weighted by molar-refractivity contribution is -0.114. The molecule has 4 rings (SSSR count). The highest BCUT2D eigenvalue weighted by molar-refractivity contribution is 5.93. The Balaban J connectivity index is 1.74. The molecular formula is C18H24O2. The fraction of sp³-hybridized carbons (Fsp3) is 0.722. The number of carbonyl (C=O) groups excluding carboxylic acids is 1. The number of aliphatic hydroxyl groups excluding tert-OH is 1. The average Bonchev–Trinajstić information content (AvgIpc) is 2.74. The van der Waals surface area contributed by atoms with E-state index in [4.69, 9.17) is 0 Å². The third-order valence-corrected chi connectivity index (χ3v) is 6.68. The lowest BCUT2D eigenvalue weighted by atomic mass is 9.57. The van der Waals surface area contributed by atoms with E-state index in [9.17, 15) is 9.90 Å². The standard InChI is InChI=1S/C18H24O2/c1-18-9-8-14-13-5-3-12(19)10-11(13)2-4-15(14)16(18)6-7-17(18)20/h10,15-17,20H,2-9H2,1H3/t15-,16-,17+,18-/m0/s1. The Morgan fingerprint density at radius 2 is 2.00 bits per heavy atom. The van der Waals surface area contributed by atoms with E-state index in [0.29, 0.717) is 24.0 Å². The number of fused-ring (bicyclic) bond motifs is 4. The Kier molecular flexibility index (Phi) is 2.76. The molecule has 108 valence electrons. The van der Waals surface area contributed by atoms with Gasteiger partial charge in [-0.1, -0.05) is 12.5 Å². The van der Waals surface area contributed by atoms with Crippen LogP contribution in [0.2, 0.25) is 0 Å². The van der Waals surface area contributed by atoms with E-state index in [1.807, 2.05) is 6.08 Å². The molecule has 20 heavy (non-hydrogen) atoms. The average molecular weight is 272 g/mol. The van der Waals surface area contributed by atoms with E-state index in [0.717, 1.165) is 32.1 Å². The number of hydrogen-bond acceptors (Lipinski definition) is 2. The summed E-state index contributed by atoms with van der Waals surface area (Å²) >= 11 is 0. The molecule has 0 radical (unpaired) electrons. The molecule has 0 heterocycles. The van der Waals surface area contributed by atoms with Crippen molar-refractivity contribution >= 4 is 5.78 Å². The monoisotopic (exact) mass is 272 g/mol. The SMILES string of the molecule is C[C@]12CCC3=C4CCC(=O)C=C4CC[C@@H]3[C@@H]1CC[C@H]2O. The number of hydrogen-bond donors (Lipinski definition) is 1. The third-order valence-electron chi connectivity index (χ3n) is 6.68. The lowest BCUT2D eigenvalue weighted by Gasteiger charge is -2.48. The van der Waals surface area contributed by atoms with Gasteiger partial charge in [0.2, 0.25) is 0 Å². The molecule has 0 spiro atoms. The Morgan fingerprint density at radius 3 is 2.85 bits per heavy atom. The Morgan fingerprint density at radius 1 is 1.15 bits per heavy atom. The summed E-state index contributed by atoms with van der Waals surface area (Å²) in [4.78, 5) is 11.6. The number of ketones is 1. The van der Waals surface area contributed by atoms with Crippen molar-refractivity contribution in [3.63, 3.8) is 0 Å². The first-order valence-electron chi connectivity index (χ1n) is 8.23. The molecule has 0 bridgehead atoms. The molecule has 0 aromatic heterocycles. The largest absolute Gasteiger partial charge is 0.393 e. The van der Waals surface area contributed by atoms with Crippen molar-refractivity contribution in [1.82, 2.24) is 0 Å². The van der Waals surface area contributed by atoms with Crippen LogP contribution in [0.5, 0.6) is 0 Å². The second kappa shape index (κ2) is 4.30. The summed E-state index contributed by atoms with van der Waals surface area (Å²) in [6.45, 7) is 2.31. The van der Waals surface area contributed by atoms with Gasteiger partial charge < -0.3 is 5.11 Å². The van der Waals surface area contributed by atoms with E-state index in [-0.39, 0.29) is 11.5 Å². The number of rotatable bonds is 0. The molecule has 2 fully saturated rings. The molecule has 0 unspecified atom stereocenters. The van der Waals surface area contributed by atoms with E-state index >= 15 is 0 Å². The zero-order chi connectivity index (χ0) is 13.9. The lowest BCUT2D eigenvalue weighted by Crippen LogP contribution is -2.42. The summed E-state index contributed by atoms with van der Waals surface area (Å²) in [5.74, 6) is 1.68. The highest BCUT2D eigenvalue weighted by atomic mass is 16.3. The molecule has 0 saturated heterocycles. The highest BCUT2D eigenvalue weighted by Gasteiger charge is 2.53. The van der Waals surface area contributed by atoms with Crippen LogP contribution >= 0.6 is 0 Å². The van der Waals surface area contributed by atoms with Crippen molar-refractivity contribution < 1.29 is 9.90 Å². The van der Waals surface area contributed by atoms with Gasteiger partial charge in [0.15, 0.2) is 5.78 Å². The molecule has 2 nitrogen and oxygen atoms in total. The first-order valence-corrected chi connectivity index (χ1v) is 8.23. The number of allylic oxidation sites excluding steroid dienone is 4. The number of aliphatic hydroxyl groups is 1. The molecule has 2 saturated carbocycles. The van der Waals surface area contributed by atoms with Gasteiger partial charge in [0, 0.05) is 6.42 Å². The van der Waals surface area contributed by atoms with Crippen LogP contribution < -0.4 is 0 Å². The summed E-state index contributed by atoms with van der Waals surface area (Å²) in [7, 11) is 0. The molecule has 4 atom stereocenters. The molecule has 0 aromatic carbocycles. The van der Waals surface area contributed by atoms with Crippen molar-refractivity contribution in [2.45, 2.75) is 64.4 Å². The molecule has 0 amide bonds. The normalized spacial score (nSPS) is 43.8. The van der Waals surface area contributed by atoms with Crippen LogP contribution in [0.4, 0.5) is 0 Å². The fourth-order valence-electron chi connectivity index (χ4n) is 5.50. The fourth-order valence-corrected chi connectivity index (χ4v) is 5.50. The molecular weight excluding hydrogens is 248 g/mol. The van der Waals surface area contributed by atoms with Gasteiger partial charge in [-0.25, -0.2) is 0 Å². The maximum atomic E-state index is 11.6. The second-order valence-electron chi connectivity index (χ2n) is 7.49. The predicted molar refractivity (Wildman–Crippen MR) is 78.1 cm³/mol. The van der Waals surface area contributed by atoms with Crippen LogP contribution in [0.25, 0.3) is 0 Å². The summed E-state index contributed by atoms with van der Waals surface area (Å²) in [5.41, 5.74) is 4.69. The Hall–Kier alpha value is -0.890. The van der Waals surface area contributed by atoms with Gasteiger partial charge in [0.1, 0.15) is 0 Å². The van der Waals surface area contributed by atoms with Gasteiger partial charge >= 0.3 is 0 Å². The minimum atomic E-state index is -0.0936. The van der Waals surface area contributed by atoms with Crippen molar-refractivity contribution in [1.29, 1.82) is 0 Å². The molecule has 4 aliphatic rings. The van der Waals surface area contributed by atoms with E-state index < -0.39 is 0 Å². The van der Waals surface area contributed by atoms with Crippen molar-refractivity contribution in [2.75, 3.05) is 0 Å². The summed E-state index contributed by atoms with van der Waals surface area (Å²) in [5, 5.41) is 10.4. The van der Waals surface area contributed by atoms with Gasteiger partial charge in [-0.15, -0.1) is 0 Å². The Labute approximate surface area is 120 Å². The summed E-state index contributed by atoms with van der Waals surface area (Å²) in [6.07, 6.45) is 10.2. The molecule has 1 N–H and O–H groups in total. The highest BCUT2D eigenvalue weighted by Crippen LogP contribution is 2.59. The van der Waals surface area contributed by atoms with Crippen molar-refractivity contribution in [3.05, 3.63) is 22.8 Å². The zero-order valence-electron chi connectivity index (χ0n) is 12.3. The van der Waals surface area contributed by atoms with E-state index in [1.165, 1.54) is 24.0 Å². The second-order valence-corrected chi connectivity index (χ2v) is 7.49. The topological polar surface area (TPSA) is 37.3 Å². The van der Waals surface area contributed by atoms with Crippen LogP contribution in [0.15, 0.2) is 22.8 Å². The first-order chi connectivity index (χ1) is 9.59. The van der Waals surface area contributed by atoms with E-state index in [1.54, 1.807) is 5.57 Å². The van der Waals surface area contributed by atoms with Gasteiger partial charge in [-0.2, -0.15) is 0 Å². The minimum Gasteiger partial charge on any atom is -0.393 e. The minimum absolute atomic E-state index is 0.0936. The maximum absolute atomic E-state index is 11.6. The molecule has 0 aromatic rings. The molecule has 0 aliphatic heterocycles. The quantitative estimate of drug-likeness (QED) is 0.732. The Bertz CT molecular complexity index is 528.